The monoisotopic (exact) mass is 806 g/mol. The van der Waals surface area contributed by atoms with E-state index >= 15 is 0 Å². The highest BCUT2D eigenvalue weighted by Gasteiger charge is 2.24. The van der Waals surface area contributed by atoms with E-state index in [9.17, 15) is 0 Å². The summed E-state index contributed by atoms with van der Waals surface area (Å²) >= 11 is 0. The lowest BCUT2D eigenvalue weighted by molar-refractivity contribution is 1.61. The fourth-order valence-electron chi connectivity index (χ4n) is 11.1. The van der Waals surface area contributed by atoms with Crippen LogP contribution in [0.25, 0.3) is 143 Å². The largest absolute Gasteiger partial charge is 0.0616 e. The van der Waals surface area contributed by atoms with Gasteiger partial charge in [0.2, 0.25) is 0 Å². The van der Waals surface area contributed by atoms with Gasteiger partial charge >= 0.3 is 0 Å². The van der Waals surface area contributed by atoms with Gasteiger partial charge in [0.1, 0.15) is 0 Å². The molecule has 0 atom stereocenters. The molecular formula is C64H38. The van der Waals surface area contributed by atoms with Gasteiger partial charge in [-0.25, -0.2) is 0 Å². The Labute approximate surface area is 372 Å². The molecule has 0 N–H and O–H groups in total. The van der Waals surface area contributed by atoms with Crippen LogP contribution in [0.4, 0.5) is 0 Å². The van der Waals surface area contributed by atoms with Crippen molar-refractivity contribution < 1.29 is 0 Å². The Hall–Kier alpha value is -8.32. The molecule has 0 bridgehead atoms. The summed E-state index contributed by atoms with van der Waals surface area (Å²) in [5.41, 5.74) is 23.0. The van der Waals surface area contributed by atoms with Crippen LogP contribution in [-0.2, 0) is 0 Å². The van der Waals surface area contributed by atoms with Gasteiger partial charge in [0.15, 0.2) is 0 Å². The minimum absolute atomic E-state index is 1.23. The van der Waals surface area contributed by atoms with Gasteiger partial charge in [-0.2, -0.15) is 0 Å². The summed E-state index contributed by atoms with van der Waals surface area (Å²) in [6.07, 6.45) is 0. The Balaban J connectivity index is 0.749. The Morgan fingerprint density at radius 2 is 0.438 bits per heavy atom. The number of hydrogen-bond donors (Lipinski definition) is 0. The highest BCUT2D eigenvalue weighted by molar-refractivity contribution is 6.20. The summed E-state index contributed by atoms with van der Waals surface area (Å²) in [5, 5.41) is 10.3. The fraction of sp³-hybridized carbons (Fsp3) is 0. The van der Waals surface area contributed by atoms with Crippen LogP contribution < -0.4 is 0 Å². The number of benzene rings is 12. The normalized spacial score (nSPS) is 12.1. The van der Waals surface area contributed by atoms with Gasteiger partial charge in [0.25, 0.3) is 0 Å². The number of fused-ring (bicyclic) bond motifs is 8. The first kappa shape index (κ1) is 35.3. The molecule has 0 saturated carbocycles. The van der Waals surface area contributed by atoms with Crippen molar-refractivity contribution in [2.75, 3.05) is 0 Å². The minimum Gasteiger partial charge on any atom is -0.0616 e. The standard InChI is InChI=1S/C64H38/c1-3-15-55-53(13-1)59-19-7-17-57-51(29-31-61(55)63(57)59)49-11-5-9-39(37-49)41-21-23-45-35-47(27-25-43(45)33-41)48-28-26-44-34-42(22-24-46(44)36-48)40-10-6-12-50(38-40)52-30-32-62-56-16-4-2-14-54(56)60-20-8-18-58(52)64(60)62/h1-38H. The zero-order valence-electron chi connectivity index (χ0n) is 34.9. The molecule has 0 spiro atoms. The van der Waals surface area contributed by atoms with E-state index in [2.05, 4.69) is 231 Å². The fourth-order valence-corrected chi connectivity index (χ4v) is 11.1. The molecule has 12 aromatic rings. The molecule has 0 aliphatic heterocycles. The van der Waals surface area contributed by atoms with E-state index in [1.165, 1.54) is 143 Å². The predicted molar refractivity (Wildman–Crippen MR) is 273 cm³/mol. The first-order valence-electron chi connectivity index (χ1n) is 22.3. The molecule has 0 fully saturated rings. The topological polar surface area (TPSA) is 0 Å². The molecule has 14 rings (SSSR count). The summed E-state index contributed by atoms with van der Waals surface area (Å²) < 4.78 is 0. The van der Waals surface area contributed by atoms with Crippen LogP contribution in [0, 0.1) is 0 Å². The molecule has 0 unspecified atom stereocenters. The van der Waals surface area contributed by atoms with Gasteiger partial charge in [0, 0.05) is 0 Å². The van der Waals surface area contributed by atoms with Crippen LogP contribution in [0.5, 0.6) is 0 Å². The van der Waals surface area contributed by atoms with Crippen LogP contribution in [0.2, 0.25) is 0 Å². The van der Waals surface area contributed by atoms with Crippen molar-refractivity contribution in [3.05, 3.63) is 231 Å². The van der Waals surface area contributed by atoms with Gasteiger partial charge < -0.3 is 0 Å². The van der Waals surface area contributed by atoms with E-state index in [1.54, 1.807) is 0 Å². The average molecular weight is 807 g/mol. The predicted octanol–water partition coefficient (Wildman–Crippen LogP) is 17.9. The first-order chi connectivity index (χ1) is 31.7. The molecule has 12 aromatic carbocycles. The van der Waals surface area contributed by atoms with Crippen LogP contribution in [0.1, 0.15) is 0 Å². The van der Waals surface area contributed by atoms with Crippen molar-refractivity contribution in [2.24, 2.45) is 0 Å². The zero-order valence-corrected chi connectivity index (χ0v) is 34.9. The molecule has 0 saturated heterocycles. The smallest absolute Gasteiger partial charge is 0.00201 e. The summed E-state index contributed by atoms with van der Waals surface area (Å²) in [5.74, 6) is 0. The lowest BCUT2D eigenvalue weighted by Gasteiger charge is -2.12. The Morgan fingerprint density at radius 1 is 0.156 bits per heavy atom. The third kappa shape index (κ3) is 5.30. The minimum atomic E-state index is 1.23. The van der Waals surface area contributed by atoms with Crippen molar-refractivity contribution in [3.8, 4) is 100 Å². The second-order valence-electron chi connectivity index (χ2n) is 17.6. The van der Waals surface area contributed by atoms with Gasteiger partial charge in [-0.3, -0.25) is 0 Å². The highest BCUT2D eigenvalue weighted by Crippen LogP contribution is 2.51. The summed E-state index contributed by atoms with van der Waals surface area (Å²) in [4.78, 5) is 0. The van der Waals surface area contributed by atoms with Crippen LogP contribution in [0.3, 0.4) is 0 Å². The second-order valence-corrected chi connectivity index (χ2v) is 17.6. The van der Waals surface area contributed by atoms with E-state index in [4.69, 9.17) is 0 Å². The molecule has 294 valence electrons. The van der Waals surface area contributed by atoms with Gasteiger partial charge in [-0.05, 0) is 180 Å². The van der Waals surface area contributed by atoms with Gasteiger partial charge in [-0.1, -0.05) is 194 Å². The lowest BCUT2D eigenvalue weighted by Crippen LogP contribution is -1.86. The molecule has 2 aliphatic rings. The van der Waals surface area contributed by atoms with Crippen LogP contribution >= 0.6 is 0 Å². The summed E-state index contributed by atoms with van der Waals surface area (Å²) in [7, 11) is 0. The van der Waals surface area contributed by atoms with Gasteiger partial charge in [-0.15, -0.1) is 0 Å². The molecule has 0 heteroatoms. The van der Waals surface area contributed by atoms with E-state index < -0.39 is 0 Å². The molecule has 0 amide bonds. The molecule has 0 radical (unpaired) electrons. The molecule has 0 heterocycles. The quantitative estimate of drug-likeness (QED) is 0.163. The lowest BCUT2D eigenvalue weighted by atomic mass is 9.91. The molecule has 2 aliphatic carbocycles. The Kier molecular flexibility index (Phi) is 7.49. The number of rotatable bonds is 5. The maximum absolute atomic E-state index is 2.35. The third-order valence-electron chi connectivity index (χ3n) is 14.1. The molecule has 0 aromatic heterocycles. The first-order valence-corrected chi connectivity index (χ1v) is 22.3. The van der Waals surface area contributed by atoms with E-state index in [0.29, 0.717) is 0 Å². The molecular weight excluding hydrogens is 769 g/mol. The third-order valence-corrected chi connectivity index (χ3v) is 14.1. The molecule has 0 nitrogen and oxygen atoms in total. The summed E-state index contributed by atoms with van der Waals surface area (Å²) in [6, 6.07) is 86.0. The second kappa shape index (κ2) is 13.6. The SMILES string of the molecule is c1cc(-c2ccc3cc(-c4ccc5cc(-c6cccc(-c7ccc8c9c(cccc79)-c7ccccc7-8)c6)ccc5c4)ccc3c2)cc(-c2ccc3c4c(cccc24)-c2ccccc2-3)c1. The van der Waals surface area contributed by atoms with Crippen molar-refractivity contribution in [3.63, 3.8) is 0 Å². The van der Waals surface area contributed by atoms with E-state index in [-0.39, 0.29) is 0 Å². The van der Waals surface area contributed by atoms with Gasteiger partial charge in [0.05, 0.1) is 0 Å². The maximum Gasteiger partial charge on any atom is -0.00201 e. The summed E-state index contributed by atoms with van der Waals surface area (Å²) in [6.45, 7) is 0. The Morgan fingerprint density at radius 3 is 0.812 bits per heavy atom. The van der Waals surface area contributed by atoms with E-state index in [0.717, 1.165) is 0 Å². The van der Waals surface area contributed by atoms with Crippen molar-refractivity contribution in [1.82, 2.24) is 0 Å². The number of hydrogen-bond acceptors (Lipinski definition) is 0. The van der Waals surface area contributed by atoms with Crippen molar-refractivity contribution in [2.45, 2.75) is 0 Å². The average Bonchev–Trinajstić information content (AvgIpc) is 3.88. The molecule has 64 heavy (non-hydrogen) atoms. The highest BCUT2D eigenvalue weighted by atomic mass is 14.3. The van der Waals surface area contributed by atoms with Crippen LogP contribution in [0.15, 0.2) is 231 Å². The van der Waals surface area contributed by atoms with Crippen molar-refractivity contribution >= 4 is 43.1 Å². The van der Waals surface area contributed by atoms with Crippen molar-refractivity contribution in [1.29, 1.82) is 0 Å². The van der Waals surface area contributed by atoms with E-state index in [1.807, 2.05) is 0 Å². The zero-order chi connectivity index (χ0) is 41.9. The maximum atomic E-state index is 2.35. The van der Waals surface area contributed by atoms with Crippen LogP contribution in [-0.4, -0.2) is 0 Å². The Bertz CT molecular complexity index is 3640.